The van der Waals surface area contributed by atoms with E-state index in [2.05, 4.69) is 5.16 Å². The highest BCUT2D eigenvalue weighted by atomic mass is 16.5. The Kier molecular flexibility index (Phi) is 1.49. The third-order valence-corrected chi connectivity index (χ3v) is 1.85. The van der Waals surface area contributed by atoms with E-state index < -0.39 is 0 Å². The van der Waals surface area contributed by atoms with Gasteiger partial charge < -0.3 is 9.32 Å². The number of carbonyl (C=O) groups excluding carboxylic acids is 1. The molecule has 0 saturated heterocycles. The Bertz CT molecular complexity index is 263. The average molecular weight is 151 g/mol. The largest absolute Gasteiger partial charge is 0.361 e. The Balaban J connectivity index is 2.11. The van der Waals surface area contributed by atoms with Gasteiger partial charge in [-0.1, -0.05) is 5.16 Å². The summed E-state index contributed by atoms with van der Waals surface area (Å²) < 4.78 is 5.03. The normalized spacial score (nSPS) is 16.7. The summed E-state index contributed by atoms with van der Waals surface area (Å²) in [6, 6.07) is 1.88. The molecule has 0 amide bonds. The second-order valence-electron chi connectivity index (χ2n) is 2.87. The number of nitrogens with zero attached hydrogens (tertiary/aromatic N) is 1. The maximum Gasteiger partial charge on any atom is 0.140 e. The fourth-order valence-corrected chi connectivity index (χ4v) is 1.07. The van der Waals surface area contributed by atoms with Crippen molar-refractivity contribution >= 4 is 6.29 Å². The van der Waals surface area contributed by atoms with Crippen molar-refractivity contribution in [3.05, 3.63) is 17.5 Å². The maximum atomic E-state index is 10.1. The fraction of sp³-hybridized carbons (Fsp3) is 0.500. The van der Waals surface area contributed by atoms with Crippen LogP contribution in [0, 0.1) is 0 Å². The molecule has 3 nitrogen and oxygen atoms in total. The van der Waals surface area contributed by atoms with Crippen LogP contribution in [0.4, 0.5) is 0 Å². The molecule has 0 radical (unpaired) electrons. The first-order chi connectivity index (χ1) is 5.40. The highest BCUT2D eigenvalue weighted by Crippen LogP contribution is 2.40. The molecule has 1 fully saturated rings. The van der Waals surface area contributed by atoms with Gasteiger partial charge in [-0.05, 0) is 12.8 Å². The van der Waals surface area contributed by atoms with Crippen molar-refractivity contribution in [3.63, 3.8) is 0 Å². The summed E-state index contributed by atoms with van der Waals surface area (Å²) in [7, 11) is 0. The van der Waals surface area contributed by atoms with Crippen molar-refractivity contribution in [1.29, 1.82) is 0 Å². The first kappa shape index (κ1) is 6.58. The zero-order valence-corrected chi connectivity index (χ0v) is 6.12. The lowest BCUT2D eigenvalue weighted by atomic mass is 10.2. The SMILES string of the molecule is O=CCc1cc(C2CC2)on1. The lowest BCUT2D eigenvalue weighted by Gasteiger charge is -1.80. The van der Waals surface area contributed by atoms with E-state index in [4.69, 9.17) is 4.52 Å². The second kappa shape index (κ2) is 2.49. The van der Waals surface area contributed by atoms with Crippen LogP contribution in [0.25, 0.3) is 0 Å². The zero-order valence-electron chi connectivity index (χ0n) is 6.12. The Morgan fingerprint density at radius 2 is 2.55 bits per heavy atom. The number of aldehydes is 1. The first-order valence-corrected chi connectivity index (χ1v) is 3.79. The number of hydrogen-bond acceptors (Lipinski definition) is 3. The van der Waals surface area contributed by atoms with Gasteiger partial charge in [0.05, 0.1) is 5.69 Å². The predicted molar refractivity (Wildman–Crippen MR) is 38.2 cm³/mol. The van der Waals surface area contributed by atoms with E-state index in [-0.39, 0.29) is 0 Å². The van der Waals surface area contributed by atoms with E-state index >= 15 is 0 Å². The summed E-state index contributed by atoms with van der Waals surface area (Å²) in [5.41, 5.74) is 0.752. The van der Waals surface area contributed by atoms with Gasteiger partial charge in [0.1, 0.15) is 12.0 Å². The quantitative estimate of drug-likeness (QED) is 0.611. The number of hydrogen-bond donors (Lipinski definition) is 0. The third kappa shape index (κ3) is 1.31. The van der Waals surface area contributed by atoms with E-state index in [1.54, 1.807) is 0 Å². The molecule has 11 heavy (non-hydrogen) atoms. The van der Waals surface area contributed by atoms with Crippen LogP contribution in [0.3, 0.4) is 0 Å². The minimum absolute atomic E-state index is 0.371. The van der Waals surface area contributed by atoms with Crippen molar-refractivity contribution in [2.75, 3.05) is 0 Å². The summed E-state index contributed by atoms with van der Waals surface area (Å²) >= 11 is 0. The molecule has 3 heteroatoms. The van der Waals surface area contributed by atoms with Crippen molar-refractivity contribution in [2.24, 2.45) is 0 Å². The van der Waals surface area contributed by atoms with Crippen molar-refractivity contribution < 1.29 is 9.32 Å². The van der Waals surface area contributed by atoms with Crippen LogP contribution >= 0.6 is 0 Å². The molecule has 1 heterocycles. The van der Waals surface area contributed by atoms with Gasteiger partial charge in [0, 0.05) is 18.4 Å². The Morgan fingerprint density at radius 3 is 3.18 bits per heavy atom. The van der Waals surface area contributed by atoms with Crippen molar-refractivity contribution in [2.45, 2.75) is 25.2 Å². The second-order valence-corrected chi connectivity index (χ2v) is 2.87. The minimum Gasteiger partial charge on any atom is -0.361 e. The van der Waals surface area contributed by atoms with Crippen LogP contribution in [0.1, 0.15) is 30.2 Å². The monoisotopic (exact) mass is 151 g/mol. The predicted octanol–water partition coefficient (Wildman–Crippen LogP) is 1.29. The van der Waals surface area contributed by atoms with Gasteiger partial charge >= 0.3 is 0 Å². The van der Waals surface area contributed by atoms with Crippen LogP contribution in [-0.4, -0.2) is 11.4 Å². The Morgan fingerprint density at radius 1 is 1.73 bits per heavy atom. The number of rotatable bonds is 3. The third-order valence-electron chi connectivity index (χ3n) is 1.85. The molecular formula is C8H9NO2. The van der Waals surface area contributed by atoms with Crippen LogP contribution in [0.2, 0.25) is 0 Å². The fourth-order valence-electron chi connectivity index (χ4n) is 1.07. The zero-order chi connectivity index (χ0) is 7.68. The van der Waals surface area contributed by atoms with E-state index in [1.807, 2.05) is 6.07 Å². The Labute approximate surface area is 64.4 Å². The molecule has 1 saturated carbocycles. The summed E-state index contributed by atoms with van der Waals surface area (Å²) in [5, 5.41) is 3.76. The molecule has 0 aromatic carbocycles. The molecule has 2 rings (SSSR count). The van der Waals surface area contributed by atoms with Crippen LogP contribution < -0.4 is 0 Å². The minimum atomic E-state index is 0.371. The Hall–Kier alpha value is -1.12. The van der Waals surface area contributed by atoms with Gasteiger partial charge in [-0.25, -0.2) is 0 Å². The molecule has 58 valence electrons. The van der Waals surface area contributed by atoms with Gasteiger partial charge in [-0.3, -0.25) is 0 Å². The summed E-state index contributed by atoms with van der Waals surface area (Å²) in [4.78, 5) is 10.1. The van der Waals surface area contributed by atoms with E-state index in [9.17, 15) is 4.79 Å². The maximum absolute atomic E-state index is 10.1. The summed E-state index contributed by atoms with van der Waals surface area (Å²) in [5.74, 6) is 1.53. The molecule has 1 aliphatic carbocycles. The molecule has 0 atom stereocenters. The lowest BCUT2D eigenvalue weighted by Crippen LogP contribution is -1.82. The molecule has 1 aromatic rings. The van der Waals surface area contributed by atoms with Gasteiger partial charge in [0.15, 0.2) is 0 Å². The molecule has 1 aliphatic rings. The van der Waals surface area contributed by atoms with Gasteiger partial charge in [0.25, 0.3) is 0 Å². The summed E-state index contributed by atoms with van der Waals surface area (Å²) in [6.45, 7) is 0. The highest BCUT2D eigenvalue weighted by Gasteiger charge is 2.27. The number of aromatic nitrogens is 1. The van der Waals surface area contributed by atoms with Gasteiger partial charge in [-0.2, -0.15) is 0 Å². The van der Waals surface area contributed by atoms with E-state index in [0.29, 0.717) is 12.3 Å². The molecular weight excluding hydrogens is 142 g/mol. The van der Waals surface area contributed by atoms with Crippen LogP contribution in [0.15, 0.2) is 10.6 Å². The molecule has 0 aliphatic heterocycles. The average Bonchev–Trinajstić information content (AvgIpc) is 2.75. The van der Waals surface area contributed by atoms with Crippen molar-refractivity contribution in [1.82, 2.24) is 5.16 Å². The van der Waals surface area contributed by atoms with Gasteiger partial charge in [0.2, 0.25) is 0 Å². The topological polar surface area (TPSA) is 43.1 Å². The van der Waals surface area contributed by atoms with Crippen LogP contribution in [0.5, 0.6) is 0 Å². The van der Waals surface area contributed by atoms with E-state index in [1.165, 1.54) is 12.8 Å². The lowest BCUT2D eigenvalue weighted by molar-refractivity contribution is -0.107. The molecule has 1 aromatic heterocycles. The first-order valence-electron chi connectivity index (χ1n) is 3.79. The molecule has 0 bridgehead atoms. The van der Waals surface area contributed by atoms with Crippen molar-refractivity contribution in [3.8, 4) is 0 Å². The molecule has 0 N–H and O–H groups in total. The van der Waals surface area contributed by atoms with Crippen LogP contribution in [-0.2, 0) is 11.2 Å². The van der Waals surface area contributed by atoms with Gasteiger partial charge in [-0.15, -0.1) is 0 Å². The van der Waals surface area contributed by atoms with E-state index in [0.717, 1.165) is 17.7 Å². The number of carbonyl (C=O) groups is 1. The standard InChI is InChI=1S/C8H9NO2/c10-4-3-7-5-8(11-9-7)6-1-2-6/h4-6H,1-3H2. The highest BCUT2D eigenvalue weighted by molar-refractivity contribution is 5.53. The molecule has 0 spiro atoms. The smallest absolute Gasteiger partial charge is 0.140 e. The summed E-state index contributed by atoms with van der Waals surface area (Å²) in [6.07, 6.45) is 3.62. The molecule has 0 unspecified atom stereocenters.